The van der Waals surface area contributed by atoms with Gasteiger partial charge in [0.25, 0.3) is 0 Å². The Morgan fingerprint density at radius 1 is 1.50 bits per heavy atom. The second kappa shape index (κ2) is 5.50. The highest BCUT2D eigenvalue weighted by Gasteiger charge is 2.17. The summed E-state index contributed by atoms with van der Waals surface area (Å²) in [6, 6.07) is -1.22. The summed E-state index contributed by atoms with van der Waals surface area (Å²) in [5.74, 6) is -1.71. The number of carbonyl (C=O) groups excluding carboxylic acids is 1. The summed E-state index contributed by atoms with van der Waals surface area (Å²) >= 11 is 0. The van der Waals surface area contributed by atoms with Gasteiger partial charge in [-0.25, -0.2) is 4.79 Å². The number of nitrogens with one attached hydrogen (secondary N) is 2. The highest BCUT2D eigenvalue weighted by atomic mass is 16.4. The number of aliphatic hydroxyl groups excluding tert-OH is 1. The van der Waals surface area contributed by atoms with Crippen molar-refractivity contribution >= 4 is 11.9 Å². The summed E-state index contributed by atoms with van der Waals surface area (Å²) in [7, 11) is 1.56. The molecule has 0 aromatic carbocycles. The summed E-state index contributed by atoms with van der Waals surface area (Å²) in [5, 5.41) is 21.6. The van der Waals surface area contributed by atoms with E-state index in [1.54, 1.807) is 7.05 Å². The number of carboxylic acid groups (broad SMARTS) is 1. The molecule has 0 heterocycles. The average Bonchev–Trinajstić information content (AvgIpc) is 2.00. The number of carboxylic acids is 1. The maximum Gasteiger partial charge on any atom is 0.328 e. The van der Waals surface area contributed by atoms with E-state index in [0.29, 0.717) is 0 Å². The van der Waals surface area contributed by atoms with E-state index >= 15 is 0 Å². The second-order valence-corrected chi connectivity index (χ2v) is 2.17. The predicted octanol–water partition coefficient (Wildman–Crippen LogP) is -2.23. The summed E-state index contributed by atoms with van der Waals surface area (Å²) in [6.07, 6.45) is 0. The predicted molar refractivity (Wildman–Crippen MR) is 40.6 cm³/mol. The molecule has 1 atom stereocenters. The minimum Gasteiger partial charge on any atom is -0.480 e. The Kier molecular flexibility index (Phi) is 4.98. The first-order chi connectivity index (χ1) is 5.61. The lowest BCUT2D eigenvalue weighted by molar-refractivity contribution is -0.142. The molecule has 0 saturated heterocycles. The van der Waals surface area contributed by atoms with Crippen molar-refractivity contribution in [1.82, 2.24) is 10.6 Å². The number of hydrogen-bond acceptors (Lipinski definition) is 4. The molecule has 6 nitrogen and oxygen atoms in total. The van der Waals surface area contributed by atoms with Gasteiger partial charge in [-0.1, -0.05) is 0 Å². The Balaban J connectivity index is 3.85. The zero-order valence-electron chi connectivity index (χ0n) is 6.70. The minimum absolute atomic E-state index is 0.0315. The third kappa shape index (κ3) is 3.89. The first kappa shape index (κ1) is 10.9. The summed E-state index contributed by atoms with van der Waals surface area (Å²) in [5.41, 5.74) is 0. The molecule has 0 radical (unpaired) electrons. The fraction of sp³-hybridized carbons (Fsp3) is 0.667. The van der Waals surface area contributed by atoms with Crippen LogP contribution in [0, 0.1) is 0 Å². The van der Waals surface area contributed by atoms with Crippen molar-refractivity contribution in [2.24, 2.45) is 0 Å². The van der Waals surface area contributed by atoms with Gasteiger partial charge < -0.3 is 20.8 Å². The number of amides is 1. The fourth-order valence-electron chi connectivity index (χ4n) is 0.591. The molecule has 0 aliphatic rings. The van der Waals surface area contributed by atoms with Crippen LogP contribution in [0.3, 0.4) is 0 Å². The van der Waals surface area contributed by atoms with E-state index in [-0.39, 0.29) is 6.54 Å². The van der Waals surface area contributed by atoms with Crippen LogP contribution >= 0.6 is 0 Å². The molecular weight excluding hydrogens is 164 g/mol. The molecule has 0 saturated carbocycles. The first-order valence-corrected chi connectivity index (χ1v) is 3.39. The Labute approximate surface area is 69.6 Å². The molecular formula is C6H12N2O4. The third-order valence-corrected chi connectivity index (χ3v) is 1.15. The number of likely N-dealkylation sites (N-methyl/N-ethyl adjacent to an activating group) is 1. The Morgan fingerprint density at radius 3 is 2.42 bits per heavy atom. The third-order valence-electron chi connectivity index (χ3n) is 1.15. The van der Waals surface area contributed by atoms with Crippen molar-refractivity contribution in [2.45, 2.75) is 6.04 Å². The maximum atomic E-state index is 10.8. The molecule has 1 amide bonds. The molecule has 0 spiro atoms. The SMILES string of the molecule is CNCC(=O)N[C@@H](CO)C(=O)O. The van der Waals surface area contributed by atoms with E-state index in [1.165, 1.54) is 0 Å². The standard InChI is InChI=1S/C6H12N2O4/c1-7-2-5(10)8-4(3-9)6(11)12/h4,7,9H,2-3H2,1H3,(H,8,10)(H,11,12)/t4-/m0/s1. The Hall–Kier alpha value is -1.14. The number of hydrogen-bond donors (Lipinski definition) is 4. The largest absolute Gasteiger partial charge is 0.480 e. The monoisotopic (exact) mass is 176 g/mol. The summed E-state index contributed by atoms with van der Waals surface area (Å²) in [4.78, 5) is 21.0. The molecule has 0 rings (SSSR count). The first-order valence-electron chi connectivity index (χ1n) is 3.39. The quantitative estimate of drug-likeness (QED) is 0.380. The van der Waals surface area contributed by atoms with Crippen LogP contribution in [0.15, 0.2) is 0 Å². The van der Waals surface area contributed by atoms with Gasteiger partial charge >= 0.3 is 5.97 Å². The van der Waals surface area contributed by atoms with Crippen LogP contribution in [0.4, 0.5) is 0 Å². The molecule has 0 fully saturated rings. The van der Waals surface area contributed by atoms with E-state index in [2.05, 4.69) is 10.6 Å². The maximum absolute atomic E-state index is 10.8. The van der Waals surface area contributed by atoms with Crippen molar-refractivity contribution in [2.75, 3.05) is 20.2 Å². The van der Waals surface area contributed by atoms with Crippen molar-refractivity contribution in [1.29, 1.82) is 0 Å². The van der Waals surface area contributed by atoms with E-state index in [4.69, 9.17) is 10.2 Å². The lowest BCUT2D eigenvalue weighted by Gasteiger charge is -2.10. The van der Waals surface area contributed by atoms with Gasteiger partial charge in [-0.05, 0) is 7.05 Å². The van der Waals surface area contributed by atoms with Crippen LogP contribution in [0.2, 0.25) is 0 Å². The van der Waals surface area contributed by atoms with Crippen LogP contribution in [0.25, 0.3) is 0 Å². The van der Waals surface area contributed by atoms with Crippen molar-refractivity contribution in [3.8, 4) is 0 Å². The topological polar surface area (TPSA) is 98.7 Å². The smallest absolute Gasteiger partial charge is 0.328 e. The van der Waals surface area contributed by atoms with Gasteiger partial charge in [0, 0.05) is 0 Å². The highest BCUT2D eigenvalue weighted by Crippen LogP contribution is 1.81. The van der Waals surface area contributed by atoms with E-state index in [0.717, 1.165) is 0 Å². The Morgan fingerprint density at radius 2 is 2.08 bits per heavy atom. The zero-order chi connectivity index (χ0) is 9.56. The van der Waals surface area contributed by atoms with E-state index in [1.807, 2.05) is 0 Å². The van der Waals surface area contributed by atoms with Crippen LogP contribution in [-0.4, -0.2) is 48.3 Å². The molecule has 12 heavy (non-hydrogen) atoms. The molecule has 0 aliphatic heterocycles. The highest BCUT2D eigenvalue weighted by molar-refractivity contribution is 5.84. The summed E-state index contributed by atoms with van der Waals surface area (Å²) < 4.78 is 0. The molecule has 0 unspecified atom stereocenters. The van der Waals surface area contributed by atoms with Gasteiger partial charge in [0.2, 0.25) is 5.91 Å². The van der Waals surface area contributed by atoms with Gasteiger partial charge in [-0.3, -0.25) is 4.79 Å². The molecule has 4 N–H and O–H groups in total. The normalized spacial score (nSPS) is 12.2. The van der Waals surface area contributed by atoms with Gasteiger partial charge in [0.15, 0.2) is 0 Å². The molecule has 70 valence electrons. The van der Waals surface area contributed by atoms with Crippen LogP contribution in [0.1, 0.15) is 0 Å². The number of aliphatic hydroxyl groups is 1. The second-order valence-electron chi connectivity index (χ2n) is 2.17. The van der Waals surface area contributed by atoms with Crippen LogP contribution in [-0.2, 0) is 9.59 Å². The molecule has 0 bridgehead atoms. The molecule has 0 aromatic rings. The van der Waals surface area contributed by atoms with Crippen molar-refractivity contribution in [3.63, 3.8) is 0 Å². The van der Waals surface area contributed by atoms with Gasteiger partial charge in [0.1, 0.15) is 6.04 Å². The number of aliphatic carboxylic acids is 1. The molecule has 0 aromatic heterocycles. The summed E-state index contributed by atoms with van der Waals surface area (Å²) in [6.45, 7) is -0.575. The van der Waals surface area contributed by atoms with Crippen LogP contribution in [0.5, 0.6) is 0 Å². The zero-order valence-corrected chi connectivity index (χ0v) is 6.70. The van der Waals surface area contributed by atoms with Crippen molar-refractivity contribution in [3.05, 3.63) is 0 Å². The van der Waals surface area contributed by atoms with E-state index < -0.39 is 24.5 Å². The Bertz CT molecular complexity index is 171. The molecule has 0 aliphatic carbocycles. The lowest BCUT2D eigenvalue weighted by Crippen LogP contribution is -2.46. The number of rotatable bonds is 5. The van der Waals surface area contributed by atoms with Crippen LogP contribution < -0.4 is 10.6 Å². The fourth-order valence-corrected chi connectivity index (χ4v) is 0.591. The number of carbonyl (C=O) groups is 2. The van der Waals surface area contributed by atoms with Gasteiger partial charge in [-0.15, -0.1) is 0 Å². The average molecular weight is 176 g/mol. The van der Waals surface area contributed by atoms with Gasteiger partial charge in [0.05, 0.1) is 13.2 Å². The van der Waals surface area contributed by atoms with Crippen molar-refractivity contribution < 1.29 is 19.8 Å². The minimum atomic E-state index is -1.25. The lowest BCUT2D eigenvalue weighted by atomic mass is 10.3. The van der Waals surface area contributed by atoms with Gasteiger partial charge in [-0.2, -0.15) is 0 Å². The van der Waals surface area contributed by atoms with E-state index in [9.17, 15) is 9.59 Å². The molecule has 6 heteroatoms.